The van der Waals surface area contributed by atoms with Crippen molar-refractivity contribution in [3.05, 3.63) is 78.0 Å². The number of hydrogen-bond donors (Lipinski definition) is 2. The Labute approximate surface area is 184 Å². The van der Waals surface area contributed by atoms with E-state index in [1.54, 1.807) is 7.11 Å². The van der Waals surface area contributed by atoms with E-state index in [9.17, 15) is 0 Å². The highest BCUT2D eigenvalue weighted by molar-refractivity contribution is 5.71. The van der Waals surface area contributed by atoms with Crippen LogP contribution in [0.15, 0.2) is 66.9 Å². The number of pyridine rings is 1. The lowest BCUT2D eigenvalue weighted by Crippen LogP contribution is -2.18. The second kappa shape index (κ2) is 10.4. The number of aromatic nitrogens is 1. The number of ether oxygens (including phenoxy) is 2. The topological polar surface area (TPSA) is 55.4 Å². The summed E-state index contributed by atoms with van der Waals surface area (Å²) in [6.07, 6.45) is 4.50. The first kappa shape index (κ1) is 21.3. The van der Waals surface area contributed by atoms with E-state index in [4.69, 9.17) is 9.47 Å². The molecular formula is C26H31N3O2. The summed E-state index contributed by atoms with van der Waals surface area (Å²) in [6, 6.07) is 21.3. The molecule has 5 nitrogen and oxygen atoms in total. The maximum atomic E-state index is 5.69. The quantitative estimate of drug-likeness (QED) is 0.501. The summed E-state index contributed by atoms with van der Waals surface area (Å²) < 4.78 is 11.2. The van der Waals surface area contributed by atoms with Crippen LogP contribution in [0.1, 0.15) is 36.9 Å². The second-order valence-electron chi connectivity index (χ2n) is 8.01. The molecule has 31 heavy (non-hydrogen) atoms. The lowest BCUT2D eigenvalue weighted by Gasteiger charge is -2.16. The van der Waals surface area contributed by atoms with Crippen LogP contribution >= 0.6 is 0 Å². The molecule has 2 atom stereocenters. The Morgan fingerprint density at radius 1 is 1.13 bits per heavy atom. The molecule has 1 saturated heterocycles. The van der Waals surface area contributed by atoms with Crippen molar-refractivity contribution in [2.45, 2.75) is 38.5 Å². The van der Waals surface area contributed by atoms with Gasteiger partial charge in [-0.15, -0.1) is 0 Å². The molecule has 2 N–H and O–H groups in total. The highest BCUT2D eigenvalue weighted by Gasteiger charge is 2.15. The minimum absolute atomic E-state index is 0.265. The van der Waals surface area contributed by atoms with E-state index in [1.165, 1.54) is 5.56 Å². The highest BCUT2D eigenvalue weighted by atomic mass is 16.5. The van der Waals surface area contributed by atoms with Gasteiger partial charge in [0.25, 0.3) is 0 Å². The molecule has 0 bridgehead atoms. The van der Waals surface area contributed by atoms with Crippen molar-refractivity contribution in [2.75, 3.05) is 25.6 Å². The Morgan fingerprint density at radius 3 is 2.65 bits per heavy atom. The standard InChI is InChI=1S/C26H31N3O2/c1-19(21-7-4-3-5-8-21)27-16-20-15-25(26(30-2)29-17-20)22-10-12-23(13-11-22)28-18-24-9-6-14-31-24/h3-5,7-8,10-13,15,17,19,24,27-28H,6,9,14,16,18H2,1-2H3/t19-,24?/m1/s1. The SMILES string of the molecule is COc1ncc(CN[C@H](C)c2ccccc2)cc1-c1ccc(NCC2CCCO2)cc1. The van der Waals surface area contributed by atoms with Crippen molar-refractivity contribution < 1.29 is 9.47 Å². The Hall–Kier alpha value is -2.89. The molecular weight excluding hydrogens is 386 g/mol. The van der Waals surface area contributed by atoms with Gasteiger partial charge in [-0.1, -0.05) is 42.5 Å². The fourth-order valence-corrected chi connectivity index (χ4v) is 3.90. The van der Waals surface area contributed by atoms with E-state index in [2.05, 4.69) is 77.1 Å². The van der Waals surface area contributed by atoms with Crippen molar-refractivity contribution in [2.24, 2.45) is 0 Å². The van der Waals surface area contributed by atoms with Gasteiger partial charge < -0.3 is 20.1 Å². The molecule has 1 aromatic heterocycles. The van der Waals surface area contributed by atoms with E-state index in [1.807, 2.05) is 12.3 Å². The van der Waals surface area contributed by atoms with Gasteiger partial charge in [-0.05, 0) is 54.7 Å². The molecule has 2 aromatic carbocycles. The van der Waals surface area contributed by atoms with Crippen LogP contribution in [0.5, 0.6) is 5.88 Å². The number of methoxy groups -OCH3 is 1. The monoisotopic (exact) mass is 417 g/mol. The molecule has 0 aliphatic carbocycles. The molecule has 162 valence electrons. The van der Waals surface area contributed by atoms with Gasteiger partial charge in [0.1, 0.15) is 0 Å². The Kier molecular flexibility index (Phi) is 7.18. The van der Waals surface area contributed by atoms with Crippen LogP contribution in [0, 0.1) is 0 Å². The molecule has 1 aliphatic rings. The van der Waals surface area contributed by atoms with Crippen molar-refractivity contribution in [1.29, 1.82) is 0 Å². The molecule has 0 saturated carbocycles. The fourth-order valence-electron chi connectivity index (χ4n) is 3.90. The molecule has 4 rings (SSSR count). The minimum Gasteiger partial charge on any atom is -0.481 e. The zero-order valence-electron chi connectivity index (χ0n) is 18.3. The molecule has 0 radical (unpaired) electrons. The Morgan fingerprint density at radius 2 is 1.94 bits per heavy atom. The first-order chi connectivity index (χ1) is 15.2. The van der Waals surface area contributed by atoms with E-state index in [0.717, 1.165) is 54.9 Å². The third kappa shape index (κ3) is 5.63. The van der Waals surface area contributed by atoms with E-state index >= 15 is 0 Å². The van der Waals surface area contributed by atoms with E-state index < -0.39 is 0 Å². The molecule has 1 unspecified atom stereocenters. The van der Waals surface area contributed by atoms with Gasteiger partial charge in [-0.2, -0.15) is 0 Å². The molecule has 2 heterocycles. The fraction of sp³-hybridized carbons (Fsp3) is 0.346. The normalized spacial score (nSPS) is 16.8. The van der Waals surface area contributed by atoms with Gasteiger partial charge in [0.2, 0.25) is 5.88 Å². The summed E-state index contributed by atoms with van der Waals surface area (Å²) in [4.78, 5) is 4.54. The van der Waals surface area contributed by atoms with Crippen LogP contribution in [-0.2, 0) is 11.3 Å². The van der Waals surface area contributed by atoms with Crippen LogP contribution in [0.3, 0.4) is 0 Å². The Balaban J connectivity index is 1.43. The first-order valence-corrected chi connectivity index (χ1v) is 11.0. The van der Waals surface area contributed by atoms with Crippen molar-refractivity contribution in [3.63, 3.8) is 0 Å². The maximum Gasteiger partial charge on any atom is 0.221 e. The number of rotatable bonds is 9. The van der Waals surface area contributed by atoms with Crippen LogP contribution in [0.2, 0.25) is 0 Å². The Bertz CT molecular complexity index is 954. The summed E-state index contributed by atoms with van der Waals surface area (Å²) in [5, 5.41) is 7.05. The van der Waals surface area contributed by atoms with Crippen LogP contribution in [0.25, 0.3) is 11.1 Å². The molecule has 0 spiro atoms. The molecule has 0 amide bonds. The van der Waals surface area contributed by atoms with Gasteiger partial charge in [0.05, 0.1) is 13.2 Å². The van der Waals surface area contributed by atoms with Crippen LogP contribution in [-0.4, -0.2) is 31.3 Å². The van der Waals surface area contributed by atoms with E-state index in [-0.39, 0.29) is 6.04 Å². The highest BCUT2D eigenvalue weighted by Crippen LogP contribution is 2.30. The summed E-state index contributed by atoms with van der Waals surface area (Å²) in [5.41, 5.74) is 5.58. The van der Waals surface area contributed by atoms with Crippen LogP contribution < -0.4 is 15.4 Å². The second-order valence-corrected chi connectivity index (χ2v) is 8.01. The summed E-state index contributed by atoms with van der Waals surface area (Å²) in [7, 11) is 1.67. The van der Waals surface area contributed by atoms with Gasteiger partial charge in [-0.3, -0.25) is 0 Å². The van der Waals surface area contributed by atoms with Crippen LogP contribution in [0.4, 0.5) is 5.69 Å². The molecule has 1 fully saturated rings. The summed E-state index contributed by atoms with van der Waals surface area (Å²) in [6.45, 7) is 4.65. The average molecular weight is 418 g/mol. The van der Waals surface area contributed by atoms with Crippen molar-refractivity contribution in [1.82, 2.24) is 10.3 Å². The molecule has 5 heteroatoms. The average Bonchev–Trinajstić information content (AvgIpc) is 3.36. The summed E-state index contributed by atoms with van der Waals surface area (Å²) in [5.74, 6) is 0.639. The predicted octanol–water partition coefficient (Wildman–Crippen LogP) is 5.20. The zero-order valence-corrected chi connectivity index (χ0v) is 18.3. The van der Waals surface area contributed by atoms with Crippen molar-refractivity contribution >= 4 is 5.69 Å². The number of nitrogens with one attached hydrogen (secondary N) is 2. The lowest BCUT2D eigenvalue weighted by atomic mass is 10.0. The lowest BCUT2D eigenvalue weighted by molar-refractivity contribution is 0.120. The van der Waals surface area contributed by atoms with Gasteiger partial charge in [-0.25, -0.2) is 4.98 Å². The van der Waals surface area contributed by atoms with Gasteiger partial charge in [0.15, 0.2) is 0 Å². The third-order valence-electron chi connectivity index (χ3n) is 5.77. The maximum absolute atomic E-state index is 5.69. The number of nitrogens with zero attached hydrogens (tertiary/aromatic N) is 1. The molecule has 3 aromatic rings. The smallest absolute Gasteiger partial charge is 0.221 e. The first-order valence-electron chi connectivity index (χ1n) is 11.0. The largest absolute Gasteiger partial charge is 0.481 e. The summed E-state index contributed by atoms with van der Waals surface area (Å²) >= 11 is 0. The van der Waals surface area contributed by atoms with Gasteiger partial charge >= 0.3 is 0 Å². The minimum atomic E-state index is 0.265. The predicted molar refractivity (Wildman–Crippen MR) is 125 cm³/mol. The number of benzene rings is 2. The van der Waals surface area contributed by atoms with E-state index in [0.29, 0.717) is 12.0 Å². The number of hydrogen-bond acceptors (Lipinski definition) is 5. The molecule has 1 aliphatic heterocycles. The number of anilines is 1. The third-order valence-corrected chi connectivity index (χ3v) is 5.77. The van der Waals surface area contributed by atoms with Crippen molar-refractivity contribution in [3.8, 4) is 17.0 Å². The zero-order chi connectivity index (χ0) is 21.5. The van der Waals surface area contributed by atoms with Gasteiger partial charge in [0, 0.05) is 43.2 Å².